The van der Waals surface area contributed by atoms with Crippen LogP contribution < -0.4 is 10.5 Å². The Kier molecular flexibility index (Phi) is 3.36. The van der Waals surface area contributed by atoms with Crippen LogP contribution in [0.25, 0.3) is 11.0 Å². The molecule has 2 N–H and O–H groups in total. The van der Waals surface area contributed by atoms with Crippen LogP contribution in [0.15, 0.2) is 18.2 Å². The van der Waals surface area contributed by atoms with Crippen molar-refractivity contribution in [2.45, 2.75) is 13.5 Å². The average molecular weight is 249 g/mol. The Hall–Kier alpha value is -2.24. The topological polar surface area (TPSA) is 79.4 Å². The van der Waals surface area contributed by atoms with E-state index in [0.717, 1.165) is 5.52 Å². The first-order valence-electron chi connectivity index (χ1n) is 5.61. The van der Waals surface area contributed by atoms with Crippen molar-refractivity contribution >= 4 is 23.0 Å². The Labute approximate surface area is 104 Å². The normalized spacial score (nSPS) is 10.6. The molecule has 0 aliphatic carbocycles. The molecule has 1 heterocycles. The van der Waals surface area contributed by atoms with E-state index in [9.17, 15) is 4.79 Å². The molecule has 0 aliphatic heterocycles. The largest absolute Gasteiger partial charge is 0.497 e. The van der Waals surface area contributed by atoms with Crippen LogP contribution in [0.4, 0.5) is 5.95 Å². The number of carbonyl (C=O) groups is 1. The molecule has 6 heteroatoms. The maximum absolute atomic E-state index is 11.5. The summed E-state index contributed by atoms with van der Waals surface area (Å²) in [6.45, 7) is 2.17. The quantitative estimate of drug-likeness (QED) is 0.823. The van der Waals surface area contributed by atoms with Crippen molar-refractivity contribution in [3.8, 4) is 5.75 Å². The van der Waals surface area contributed by atoms with Gasteiger partial charge in [0, 0.05) is 6.07 Å². The van der Waals surface area contributed by atoms with Crippen LogP contribution in [0, 0.1) is 0 Å². The molecule has 2 aromatic rings. The van der Waals surface area contributed by atoms with Gasteiger partial charge < -0.3 is 15.2 Å². The summed E-state index contributed by atoms with van der Waals surface area (Å²) in [5.74, 6) is 0.647. The van der Waals surface area contributed by atoms with Gasteiger partial charge in [-0.15, -0.1) is 0 Å². The lowest BCUT2D eigenvalue weighted by Gasteiger charge is -2.06. The highest BCUT2D eigenvalue weighted by molar-refractivity contribution is 5.82. The number of benzene rings is 1. The van der Waals surface area contributed by atoms with Crippen molar-refractivity contribution in [3.05, 3.63) is 18.2 Å². The highest BCUT2D eigenvalue weighted by atomic mass is 16.5. The number of fused-ring (bicyclic) bond motifs is 1. The van der Waals surface area contributed by atoms with E-state index in [4.69, 9.17) is 15.2 Å². The third-order valence-electron chi connectivity index (χ3n) is 2.58. The molecule has 0 atom stereocenters. The van der Waals surface area contributed by atoms with Crippen molar-refractivity contribution in [1.82, 2.24) is 9.55 Å². The Bertz CT molecular complexity index is 577. The van der Waals surface area contributed by atoms with Crippen LogP contribution in [0.1, 0.15) is 6.92 Å². The fourth-order valence-electron chi connectivity index (χ4n) is 1.76. The van der Waals surface area contributed by atoms with Crippen molar-refractivity contribution in [2.24, 2.45) is 0 Å². The summed E-state index contributed by atoms with van der Waals surface area (Å²) in [6.07, 6.45) is 0. The van der Waals surface area contributed by atoms with Crippen molar-refractivity contribution in [1.29, 1.82) is 0 Å². The Balaban J connectivity index is 2.38. The molecular formula is C12H15N3O3. The number of carbonyl (C=O) groups excluding carboxylic acids is 1. The van der Waals surface area contributed by atoms with Gasteiger partial charge >= 0.3 is 5.97 Å². The summed E-state index contributed by atoms with van der Waals surface area (Å²) in [5, 5.41) is 0. The number of nitrogens with zero attached hydrogens (tertiary/aromatic N) is 2. The highest BCUT2D eigenvalue weighted by Crippen LogP contribution is 2.22. The first-order valence-corrected chi connectivity index (χ1v) is 5.61. The molecule has 0 spiro atoms. The summed E-state index contributed by atoms with van der Waals surface area (Å²) >= 11 is 0. The van der Waals surface area contributed by atoms with Gasteiger partial charge in [-0.3, -0.25) is 9.36 Å². The Morgan fingerprint density at radius 2 is 2.28 bits per heavy atom. The summed E-state index contributed by atoms with van der Waals surface area (Å²) in [4.78, 5) is 15.7. The second-order valence-corrected chi connectivity index (χ2v) is 3.72. The predicted molar refractivity (Wildman–Crippen MR) is 67.3 cm³/mol. The molecular weight excluding hydrogens is 234 g/mol. The lowest BCUT2D eigenvalue weighted by Crippen LogP contribution is -2.15. The van der Waals surface area contributed by atoms with Crippen molar-refractivity contribution in [2.75, 3.05) is 19.5 Å². The number of rotatable bonds is 4. The molecule has 0 aliphatic rings. The number of hydrogen-bond donors (Lipinski definition) is 1. The first kappa shape index (κ1) is 12.2. The van der Waals surface area contributed by atoms with E-state index in [1.165, 1.54) is 0 Å². The molecule has 0 saturated heterocycles. The second kappa shape index (κ2) is 4.95. The predicted octanol–water partition coefficient (Wildman–Crippen LogP) is 1.19. The zero-order chi connectivity index (χ0) is 13.1. The lowest BCUT2D eigenvalue weighted by atomic mass is 10.3. The Morgan fingerprint density at radius 3 is 2.94 bits per heavy atom. The van der Waals surface area contributed by atoms with Crippen LogP contribution in [0.2, 0.25) is 0 Å². The summed E-state index contributed by atoms with van der Waals surface area (Å²) < 4.78 is 11.6. The maximum Gasteiger partial charge on any atom is 0.326 e. The molecule has 0 fully saturated rings. The van der Waals surface area contributed by atoms with E-state index in [2.05, 4.69) is 4.98 Å². The molecule has 1 aromatic heterocycles. The lowest BCUT2D eigenvalue weighted by molar-refractivity contribution is -0.143. The SMILES string of the molecule is CCOC(=O)Cn1c(N)nc2cc(OC)ccc21. The van der Waals surface area contributed by atoms with Crippen LogP contribution >= 0.6 is 0 Å². The number of hydrogen-bond acceptors (Lipinski definition) is 5. The molecule has 1 aromatic carbocycles. The van der Waals surface area contributed by atoms with Gasteiger partial charge in [0.2, 0.25) is 5.95 Å². The molecule has 0 bridgehead atoms. The van der Waals surface area contributed by atoms with Crippen LogP contribution in [0.5, 0.6) is 5.75 Å². The van der Waals surface area contributed by atoms with E-state index in [-0.39, 0.29) is 18.5 Å². The molecule has 2 rings (SSSR count). The van der Waals surface area contributed by atoms with Crippen LogP contribution in [-0.2, 0) is 16.1 Å². The monoisotopic (exact) mass is 249 g/mol. The Morgan fingerprint density at radius 1 is 1.50 bits per heavy atom. The van der Waals surface area contributed by atoms with Gasteiger partial charge in [-0.25, -0.2) is 4.98 Å². The number of imidazole rings is 1. The fraction of sp³-hybridized carbons (Fsp3) is 0.333. The van der Waals surface area contributed by atoms with Gasteiger partial charge in [-0.05, 0) is 19.1 Å². The summed E-state index contributed by atoms with van der Waals surface area (Å²) in [6, 6.07) is 5.38. The first-order chi connectivity index (χ1) is 8.65. The van der Waals surface area contributed by atoms with E-state index in [0.29, 0.717) is 17.9 Å². The molecule has 0 saturated carbocycles. The number of esters is 1. The fourth-order valence-corrected chi connectivity index (χ4v) is 1.76. The zero-order valence-corrected chi connectivity index (χ0v) is 10.3. The summed E-state index contributed by atoms with van der Waals surface area (Å²) in [7, 11) is 1.58. The van der Waals surface area contributed by atoms with Gasteiger partial charge in [0.05, 0.1) is 24.8 Å². The second-order valence-electron chi connectivity index (χ2n) is 3.72. The maximum atomic E-state index is 11.5. The highest BCUT2D eigenvalue weighted by Gasteiger charge is 2.12. The van der Waals surface area contributed by atoms with Crippen molar-refractivity contribution in [3.63, 3.8) is 0 Å². The third kappa shape index (κ3) is 2.22. The minimum absolute atomic E-state index is 0.0580. The van der Waals surface area contributed by atoms with E-state index < -0.39 is 0 Å². The van der Waals surface area contributed by atoms with Crippen molar-refractivity contribution < 1.29 is 14.3 Å². The van der Waals surface area contributed by atoms with Crippen LogP contribution in [-0.4, -0.2) is 29.2 Å². The number of nitrogen functional groups attached to an aromatic ring is 1. The van der Waals surface area contributed by atoms with E-state index in [1.807, 2.05) is 6.07 Å². The zero-order valence-electron chi connectivity index (χ0n) is 10.3. The number of ether oxygens (including phenoxy) is 2. The minimum Gasteiger partial charge on any atom is -0.497 e. The molecule has 18 heavy (non-hydrogen) atoms. The van der Waals surface area contributed by atoms with Gasteiger partial charge in [0.1, 0.15) is 12.3 Å². The molecule has 0 unspecified atom stereocenters. The number of aromatic nitrogens is 2. The van der Waals surface area contributed by atoms with Crippen LogP contribution in [0.3, 0.4) is 0 Å². The standard InChI is InChI=1S/C12H15N3O3/c1-3-18-11(16)7-15-10-5-4-8(17-2)6-9(10)14-12(15)13/h4-6H,3,7H2,1-2H3,(H2,13,14). The van der Waals surface area contributed by atoms with Gasteiger partial charge in [0.15, 0.2) is 0 Å². The molecule has 6 nitrogen and oxygen atoms in total. The molecule has 0 amide bonds. The average Bonchev–Trinajstić information content (AvgIpc) is 2.65. The smallest absolute Gasteiger partial charge is 0.326 e. The van der Waals surface area contributed by atoms with Gasteiger partial charge in [-0.1, -0.05) is 0 Å². The molecule has 96 valence electrons. The molecule has 0 radical (unpaired) electrons. The third-order valence-corrected chi connectivity index (χ3v) is 2.58. The number of anilines is 1. The number of methoxy groups -OCH3 is 1. The summed E-state index contributed by atoms with van der Waals surface area (Å²) in [5.41, 5.74) is 7.26. The van der Waals surface area contributed by atoms with E-state index in [1.54, 1.807) is 30.7 Å². The van der Waals surface area contributed by atoms with E-state index >= 15 is 0 Å². The van der Waals surface area contributed by atoms with Gasteiger partial charge in [-0.2, -0.15) is 0 Å². The van der Waals surface area contributed by atoms with Gasteiger partial charge in [0.25, 0.3) is 0 Å². The number of nitrogens with two attached hydrogens (primary N) is 1. The minimum atomic E-state index is -0.334.